The third-order valence-electron chi connectivity index (χ3n) is 10.7. The van der Waals surface area contributed by atoms with Gasteiger partial charge in [-0.1, -0.05) is 99.3 Å². The maximum Gasteiger partial charge on any atom is 0.338 e. The lowest BCUT2D eigenvalue weighted by atomic mass is 10.0. The zero-order valence-corrected chi connectivity index (χ0v) is 36.6. The molecule has 0 amide bonds. The summed E-state index contributed by atoms with van der Waals surface area (Å²) in [6.07, 6.45) is 12.7. The molecule has 0 saturated carbocycles. The van der Waals surface area contributed by atoms with Gasteiger partial charge >= 0.3 is 17.9 Å². The monoisotopic (exact) mass is 823 g/mol. The van der Waals surface area contributed by atoms with Crippen LogP contribution in [0.15, 0.2) is 72.8 Å². The van der Waals surface area contributed by atoms with Crippen LogP contribution in [-0.2, 0) is 14.2 Å². The zero-order valence-electron chi connectivity index (χ0n) is 36.6. The molecule has 0 spiro atoms. The first kappa shape index (κ1) is 47.2. The Labute approximate surface area is 357 Å². The number of rotatable bonds is 27. The number of anilines is 6. The number of hydrogen-bond donors (Lipinski definition) is 3. The molecule has 3 N–H and O–H groups in total. The summed E-state index contributed by atoms with van der Waals surface area (Å²) < 4.78 is 16.9. The first-order valence-electron chi connectivity index (χ1n) is 22.1. The summed E-state index contributed by atoms with van der Waals surface area (Å²) in [5, 5.41) is 9.65. The predicted molar refractivity (Wildman–Crippen MR) is 240 cm³/mol. The number of unbranched alkanes of at least 4 members (excludes halogenated alkanes) is 3. The first-order chi connectivity index (χ1) is 29.2. The van der Waals surface area contributed by atoms with Crippen LogP contribution in [0.1, 0.15) is 150 Å². The van der Waals surface area contributed by atoms with E-state index in [1.807, 2.05) is 0 Å². The Morgan fingerprint density at radius 1 is 0.433 bits per heavy atom. The number of benzene rings is 3. The highest BCUT2D eigenvalue weighted by Gasteiger charge is 2.16. The Bertz CT molecular complexity index is 1660. The van der Waals surface area contributed by atoms with E-state index >= 15 is 0 Å². The first-order valence-corrected chi connectivity index (χ1v) is 22.1. The second kappa shape index (κ2) is 25.9. The molecule has 0 saturated heterocycles. The van der Waals surface area contributed by atoms with Crippen LogP contribution in [-0.4, -0.2) is 52.7 Å². The van der Waals surface area contributed by atoms with Gasteiger partial charge in [-0.2, -0.15) is 15.0 Å². The predicted octanol–water partition coefficient (Wildman–Crippen LogP) is 12.2. The summed E-state index contributed by atoms with van der Waals surface area (Å²) >= 11 is 0. The van der Waals surface area contributed by atoms with Crippen LogP contribution >= 0.6 is 0 Å². The van der Waals surface area contributed by atoms with Crippen molar-refractivity contribution in [2.75, 3.05) is 35.8 Å². The molecule has 0 aliphatic rings. The second-order valence-corrected chi connectivity index (χ2v) is 15.5. The van der Waals surface area contributed by atoms with Gasteiger partial charge in [-0.15, -0.1) is 0 Å². The van der Waals surface area contributed by atoms with Crippen molar-refractivity contribution in [1.82, 2.24) is 15.0 Å². The van der Waals surface area contributed by atoms with Crippen molar-refractivity contribution in [3.8, 4) is 0 Å². The molecule has 4 aromatic rings. The highest BCUT2D eigenvalue weighted by molar-refractivity contribution is 5.91. The minimum absolute atomic E-state index is 0.231. The molecule has 0 aliphatic heterocycles. The fraction of sp³-hybridized carbons (Fsp3) is 0.500. The lowest BCUT2D eigenvalue weighted by Crippen LogP contribution is -2.14. The van der Waals surface area contributed by atoms with Gasteiger partial charge < -0.3 is 30.2 Å². The number of esters is 3. The van der Waals surface area contributed by atoms with E-state index in [4.69, 9.17) is 14.2 Å². The van der Waals surface area contributed by atoms with Crippen molar-refractivity contribution in [3.05, 3.63) is 89.5 Å². The van der Waals surface area contributed by atoms with Crippen LogP contribution in [0, 0.1) is 17.8 Å². The van der Waals surface area contributed by atoms with Gasteiger partial charge in [0.2, 0.25) is 17.8 Å². The summed E-state index contributed by atoms with van der Waals surface area (Å²) in [5.41, 5.74) is 3.30. The van der Waals surface area contributed by atoms with Crippen LogP contribution < -0.4 is 16.0 Å². The lowest BCUT2D eigenvalue weighted by molar-refractivity contribution is 0.0419. The van der Waals surface area contributed by atoms with Crippen LogP contribution in [0.5, 0.6) is 0 Å². The lowest BCUT2D eigenvalue weighted by Gasteiger charge is -2.15. The smallest absolute Gasteiger partial charge is 0.338 e. The minimum Gasteiger partial charge on any atom is -0.462 e. The molecule has 12 heteroatoms. The van der Waals surface area contributed by atoms with Gasteiger partial charge in [0.15, 0.2) is 0 Å². The van der Waals surface area contributed by atoms with Gasteiger partial charge in [0.25, 0.3) is 0 Å². The quantitative estimate of drug-likeness (QED) is 0.0387. The molecule has 3 atom stereocenters. The minimum atomic E-state index is -0.359. The molecule has 0 bridgehead atoms. The average molecular weight is 823 g/mol. The summed E-state index contributed by atoms with van der Waals surface area (Å²) in [6.45, 7) is 14.1. The third kappa shape index (κ3) is 15.9. The van der Waals surface area contributed by atoms with E-state index in [2.05, 4.69) is 72.4 Å². The summed E-state index contributed by atoms with van der Waals surface area (Å²) in [5.74, 6) is 0.674. The van der Waals surface area contributed by atoms with Crippen LogP contribution in [0.2, 0.25) is 0 Å². The molecule has 60 heavy (non-hydrogen) atoms. The van der Waals surface area contributed by atoms with Crippen molar-refractivity contribution in [2.45, 2.75) is 119 Å². The highest BCUT2D eigenvalue weighted by atomic mass is 16.5. The van der Waals surface area contributed by atoms with Crippen molar-refractivity contribution in [2.24, 2.45) is 17.8 Å². The fourth-order valence-corrected chi connectivity index (χ4v) is 6.52. The molecule has 0 radical (unpaired) electrons. The van der Waals surface area contributed by atoms with Gasteiger partial charge in [0.1, 0.15) is 0 Å². The van der Waals surface area contributed by atoms with Gasteiger partial charge in [-0.3, -0.25) is 0 Å². The summed E-state index contributed by atoms with van der Waals surface area (Å²) in [7, 11) is 0. The Hall–Kier alpha value is -5.52. The number of nitrogens with one attached hydrogen (secondary N) is 3. The Kier molecular flexibility index (Phi) is 20.3. The summed E-state index contributed by atoms with van der Waals surface area (Å²) in [6, 6.07) is 20.8. The Morgan fingerprint density at radius 2 is 0.683 bits per heavy atom. The number of aromatic nitrogens is 3. The molecule has 3 aromatic carbocycles. The SMILES string of the molecule is CCCC[C@H](CC)COC(=O)c1ccc(Nc2nc(Nc3ccc(C(=O)OC[C@@H](CC)CCCC)cc3)nc(Nc3ccc(C(=O)OC[C@@H](CC)CCCC)cc3)n2)cc1. The number of carbonyl (C=O) groups excluding carboxylic acids is 3. The van der Waals surface area contributed by atoms with Gasteiger partial charge in [0.05, 0.1) is 36.5 Å². The molecule has 1 aromatic heterocycles. The normalized spacial score (nSPS) is 12.5. The van der Waals surface area contributed by atoms with E-state index in [9.17, 15) is 14.4 Å². The molecule has 0 aliphatic carbocycles. The molecule has 324 valence electrons. The largest absolute Gasteiger partial charge is 0.462 e. The molecule has 4 rings (SSSR count). The third-order valence-corrected chi connectivity index (χ3v) is 10.7. The topological polar surface area (TPSA) is 154 Å². The van der Waals surface area contributed by atoms with E-state index in [-0.39, 0.29) is 35.8 Å². The standard InChI is InChI=1S/C48H66N6O6/c1-7-13-16-34(10-4)31-58-43(55)37-19-25-40(26-20-37)49-46-52-47(50-41-27-21-38(22-28-41)44(56)59-32-35(11-5)17-14-8-2)54-48(53-46)51-42-29-23-39(24-30-42)45(57)60-33-36(12-6)18-15-9-3/h19-30,34-36H,7-18,31-33H2,1-6H3,(H3,49,50,51,52,53,54)/t34-,35-,36-/m0/s1. The second-order valence-electron chi connectivity index (χ2n) is 15.5. The van der Waals surface area contributed by atoms with Crippen molar-refractivity contribution in [1.29, 1.82) is 0 Å². The van der Waals surface area contributed by atoms with E-state index in [1.165, 1.54) is 0 Å². The van der Waals surface area contributed by atoms with E-state index in [0.717, 1.165) is 77.0 Å². The molecular formula is C48H66N6O6. The highest BCUT2D eigenvalue weighted by Crippen LogP contribution is 2.24. The van der Waals surface area contributed by atoms with E-state index < -0.39 is 0 Å². The van der Waals surface area contributed by atoms with Gasteiger partial charge in [-0.25, -0.2) is 14.4 Å². The van der Waals surface area contributed by atoms with Crippen molar-refractivity contribution >= 4 is 52.8 Å². The van der Waals surface area contributed by atoms with E-state index in [0.29, 0.717) is 71.3 Å². The molecule has 1 heterocycles. The number of hydrogen-bond acceptors (Lipinski definition) is 12. The number of carbonyl (C=O) groups is 3. The van der Waals surface area contributed by atoms with Crippen LogP contribution in [0.25, 0.3) is 0 Å². The van der Waals surface area contributed by atoms with Crippen molar-refractivity contribution in [3.63, 3.8) is 0 Å². The molecule has 0 fully saturated rings. The van der Waals surface area contributed by atoms with Crippen LogP contribution in [0.4, 0.5) is 34.9 Å². The van der Waals surface area contributed by atoms with Crippen LogP contribution in [0.3, 0.4) is 0 Å². The molecule has 12 nitrogen and oxygen atoms in total. The summed E-state index contributed by atoms with van der Waals surface area (Å²) in [4.78, 5) is 52.3. The fourth-order valence-electron chi connectivity index (χ4n) is 6.52. The number of nitrogens with zero attached hydrogens (tertiary/aromatic N) is 3. The van der Waals surface area contributed by atoms with Gasteiger partial charge in [0, 0.05) is 17.1 Å². The number of ether oxygens (including phenoxy) is 3. The Morgan fingerprint density at radius 3 is 0.900 bits per heavy atom. The Balaban J connectivity index is 1.49. The maximum absolute atomic E-state index is 12.8. The van der Waals surface area contributed by atoms with E-state index in [1.54, 1.807) is 72.8 Å². The zero-order chi connectivity index (χ0) is 43.1. The molecular weight excluding hydrogens is 757 g/mol. The van der Waals surface area contributed by atoms with Crippen molar-refractivity contribution < 1.29 is 28.6 Å². The maximum atomic E-state index is 12.8. The van der Waals surface area contributed by atoms with Gasteiger partial charge in [-0.05, 0) is 110 Å². The molecule has 0 unspecified atom stereocenters. The average Bonchev–Trinajstić information content (AvgIpc) is 3.27.